The van der Waals surface area contributed by atoms with Gasteiger partial charge in [-0.15, -0.1) is 0 Å². The van der Waals surface area contributed by atoms with E-state index < -0.39 is 29.7 Å². The minimum absolute atomic E-state index is 0.0143. The number of anilines is 1. The van der Waals surface area contributed by atoms with Gasteiger partial charge in [-0.1, -0.05) is 60.1 Å². The zero-order valence-electron chi connectivity index (χ0n) is 21.5. The van der Waals surface area contributed by atoms with Crippen LogP contribution in [0.2, 0.25) is 5.02 Å². The second-order valence-electron chi connectivity index (χ2n) is 9.65. The van der Waals surface area contributed by atoms with Crippen molar-refractivity contribution in [2.45, 2.75) is 31.6 Å². The van der Waals surface area contributed by atoms with Gasteiger partial charge in [0.25, 0.3) is 5.91 Å². The number of benzene rings is 3. The lowest BCUT2D eigenvalue weighted by atomic mass is 10.00. The molecule has 0 aliphatic carbocycles. The van der Waals surface area contributed by atoms with Gasteiger partial charge in [0.1, 0.15) is 17.6 Å². The van der Waals surface area contributed by atoms with Crippen molar-refractivity contribution in [3.63, 3.8) is 0 Å². The molecule has 0 spiro atoms. The van der Waals surface area contributed by atoms with E-state index in [1.54, 1.807) is 24.3 Å². The van der Waals surface area contributed by atoms with Gasteiger partial charge in [-0.2, -0.15) is 13.2 Å². The molecule has 5 rings (SSSR count). The first-order valence-corrected chi connectivity index (χ1v) is 13.1. The monoisotopic (exact) mass is 580 g/mol. The highest BCUT2D eigenvalue weighted by Crippen LogP contribution is 2.32. The molecule has 0 radical (unpaired) electrons. The van der Waals surface area contributed by atoms with E-state index in [2.05, 4.69) is 15.3 Å². The maximum atomic E-state index is 13.4. The summed E-state index contributed by atoms with van der Waals surface area (Å²) in [6.07, 6.45) is -3.89. The Hall–Kier alpha value is -4.44. The minimum atomic E-state index is -4.58. The molecule has 2 heterocycles. The van der Waals surface area contributed by atoms with Crippen LogP contribution >= 0.6 is 11.6 Å². The Kier molecular flexibility index (Phi) is 7.94. The molecule has 2 N–H and O–H groups in total. The third-order valence-corrected chi connectivity index (χ3v) is 7.06. The minimum Gasteiger partial charge on any atom is -0.480 e. The molecule has 0 saturated carbocycles. The molecule has 0 fully saturated rings. The third kappa shape index (κ3) is 6.66. The number of amides is 1. The summed E-state index contributed by atoms with van der Waals surface area (Å²) in [7, 11) is 0. The molecule has 11 heteroatoms. The van der Waals surface area contributed by atoms with E-state index in [-0.39, 0.29) is 23.5 Å². The molecule has 4 aromatic rings. The highest BCUT2D eigenvalue weighted by Gasteiger charge is 2.31. The van der Waals surface area contributed by atoms with Crippen LogP contribution in [0, 0.1) is 0 Å². The second-order valence-corrected chi connectivity index (χ2v) is 10.1. The van der Waals surface area contributed by atoms with Crippen LogP contribution in [0.1, 0.15) is 32.7 Å². The number of carboxylic acids is 1. The van der Waals surface area contributed by atoms with Gasteiger partial charge in [-0.3, -0.25) is 4.79 Å². The first-order valence-electron chi connectivity index (χ1n) is 12.7. The Morgan fingerprint density at radius 1 is 0.976 bits per heavy atom. The average Bonchev–Trinajstić information content (AvgIpc) is 2.97. The molecule has 3 aromatic carbocycles. The molecule has 1 aromatic heterocycles. The fraction of sp³-hybridized carbons (Fsp3) is 0.200. The Morgan fingerprint density at radius 2 is 1.71 bits per heavy atom. The van der Waals surface area contributed by atoms with Gasteiger partial charge in [0.15, 0.2) is 5.82 Å². The summed E-state index contributed by atoms with van der Waals surface area (Å²) in [6.45, 7) is 1.04. The molecule has 1 amide bonds. The van der Waals surface area contributed by atoms with Crippen molar-refractivity contribution >= 4 is 29.3 Å². The van der Waals surface area contributed by atoms with Crippen LogP contribution in [0.3, 0.4) is 0 Å². The summed E-state index contributed by atoms with van der Waals surface area (Å²) in [5, 5.41) is 12.8. The fourth-order valence-corrected chi connectivity index (χ4v) is 4.78. The highest BCUT2D eigenvalue weighted by atomic mass is 35.5. The number of carbonyl (C=O) groups is 2. The molecular weight excluding hydrogens is 557 g/mol. The van der Waals surface area contributed by atoms with Crippen molar-refractivity contribution in [2.75, 3.05) is 11.4 Å². The SMILES string of the molecule is O=C(NC(Cc1ccc(Cl)cc1)C(=O)O)c1cc(N2CCc3ccccc3C2)nc(-c2cccc(C(F)(F)F)c2)n1. The average molecular weight is 581 g/mol. The molecule has 1 aliphatic rings. The second kappa shape index (κ2) is 11.6. The van der Waals surface area contributed by atoms with E-state index in [9.17, 15) is 27.9 Å². The maximum absolute atomic E-state index is 13.4. The smallest absolute Gasteiger partial charge is 0.416 e. The third-order valence-electron chi connectivity index (χ3n) is 6.80. The van der Waals surface area contributed by atoms with E-state index in [1.807, 2.05) is 29.2 Å². The van der Waals surface area contributed by atoms with Gasteiger partial charge in [0.05, 0.1) is 5.56 Å². The number of nitrogens with one attached hydrogen (secondary N) is 1. The number of carboxylic acid groups (broad SMARTS) is 1. The Balaban J connectivity index is 1.50. The van der Waals surface area contributed by atoms with Crippen LogP contribution in [-0.2, 0) is 30.4 Å². The number of alkyl halides is 3. The molecule has 0 saturated heterocycles. The molecule has 7 nitrogen and oxygen atoms in total. The molecule has 41 heavy (non-hydrogen) atoms. The summed E-state index contributed by atoms with van der Waals surface area (Å²) in [5.41, 5.74) is 1.92. The number of aliphatic carboxylic acids is 1. The predicted molar refractivity (Wildman–Crippen MR) is 148 cm³/mol. The lowest BCUT2D eigenvalue weighted by molar-refractivity contribution is -0.139. The summed E-state index contributed by atoms with van der Waals surface area (Å²) < 4.78 is 40.3. The van der Waals surface area contributed by atoms with Crippen molar-refractivity contribution in [2.24, 2.45) is 0 Å². The van der Waals surface area contributed by atoms with Gasteiger partial charge in [-0.25, -0.2) is 14.8 Å². The lowest BCUT2D eigenvalue weighted by Gasteiger charge is -2.30. The molecule has 1 unspecified atom stereocenters. The molecule has 1 atom stereocenters. The fourth-order valence-electron chi connectivity index (χ4n) is 4.66. The summed E-state index contributed by atoms with van der Waals surface area (Å²) >= 11 is 5.92. The standard InChI is InChI=1S/C30H24ClF3N4O3/c31-23-10-8-18(9-11-23)14-25(29(40)41)36-28(39)24-16-26(38-13-12-19-4-1-2-5-21(19)17-38)37-27(35-24)20-6-3-7-22(15-20)30(32,33)34/h1-11,15-16,25H,12-14,17H2,(H,36,39)(H,40,41). The number of carbonyl (C=O) groups excluding carboxylic acids is 1. The number of nitrogens with zero attached hydrogens (tertiary/aromatic N) is 3. The van der Waals surface area contributed by atoms with Gasteiger partial charge in [0.2, 0.25) is 0 Å². The van der Waals surface area contributed by atoms with Crippen LogP contribution < -0.4 is 10.2 Å². The maximum Gasteiger partial charge on any atom is 0.416 e. The topological polar surface area (TPSA) is 95.4 Å². The summed E-state index contributed by atoms with van der Waals surface area (Å²) in [6, 6.07) is 19.1. The van der Waals surface area contributed by atoms with E-state index in [1.165, 1.54) is 23.8 Å². The van der Waals surface area contributed by atoms with E-state index in [4.69, 9.17) is 11.6 Å². The quantitative estimate of drug-likeness (QED) is 0.287. The zero-order valence-corrected chi connectivity index (χ0v) is 22.3. The molecule has 1 aliphatic heterocycles. The predicted octanol–water partition coefficient (Wildman–Crippen LogP) is 5.80. The Labute approximate surface area is 238 Å². The van der Waals surface area contributed by atoms with Crippen LogP contribution in [0.25, 0.3) is 11.4 Å². The number of halogens is 4. The van der Waals surface area contributed by atoms with Crippen LogP contribution in [0.4, 0.5) is 19.0 Å². The number of hydrogen-bond acceptors (Lipinski definition) is 5. The number of aromatic nitrogens is 2. The largest absolute Gasteiger partial charge is 0.480 e. The molecule has 210 valence electrons. The van der Waals surface area contributed by atoms with Crippen molar-refractivity contribution < 1.29 is 27.9 Å². The molecule has 0 bridgehead atoms. The summed E-state index contributed by atoms with van der Waals surface area (Å²) in [4.78, 5) is 36.1. The van der Waals surface area contributed by atoms with Crippen molar-refractivity contribution in [1.29, 1.82) is 0 Å². The van der Waals surface area contributed by atoms with Gasteiger partial charge in [-0.05, 0) is 47.4 Å². The van der Waals surface area contributed by atoms with Gasteiger partial charge < -0.3 is 15.3 Å². The Morgan fingerprint density at radius 3 is 2.41 bits per heavy atom. The highest BCUT2D eigenvalue weighted by molar-refractivity contribution is 6.30. The van der Waals surface area contributed by atoms with Gasteiger partial charge >= 0.3 is 12.1 Å². The van der Waals surface area contributed by atoms with Crippen molar-refractivity contribution in [3.05, 3.63) is 112 Å². The normalized spacial score (nSPS) is 13.8. The van der Waals surface area contributed by atoms with E-state index in [0.29, 0.717) is 35.9 Å². The first kappa shape index (κ1) is 28.1. The van der Waals surface area contributed by atoms with Crippen molar-refractivity contribution in [1.82, 2.24) is 15.3 Å². The molecular formula is C30H24ClF3N4O3. The first-order chi connectivity index (χ1) is 19.6. The number of rotatable bonds is 7. The van der Waals surface area contributed by atoms with E-state index in [0.717, 1.165) is 17.7 Å². The van der Waals surface area contributed by atoms with Gasteiger partial charge in [0, 0.05) is 36.2 Å². The number of hydrogen-bond donors (Lipinski definition) is 2. The Bertz CT molecular complexity index is 1590. The van der Waals surface area contributed by atoms with Crippen molar-refractivity contribution in [3.8, 4) is 11.4 Å². The summed E-state index contributed by atoms with van der Waals surface area (Å²) in [5.74, 6) is -1.78. The van der Waals surface area contributed by atoms with Crippen LogP contribution in [0.5, 0.6) is 0 Å². The zero-order chi connectivity index (χ0) is 29.1. The van der Waals surface area contributed by atoms with E-state index >= 15 is 0 Å². The lowest BCUT2D eigenvalue weighted by Crippen LogP contribution is -2.42. The van der Waals surface area contributed by atoms with Crippen LogP contribution in [0.15, 0.2) is 78.9 Å². The number of fused-ring (bicyclic) bond motifs is 1. The van der Waals surface area contributed by atoms with Crippen LogP contribution in [-0.4, -0.2) is 39.5 Å².